The molecule has 1 fully saturated rings. The molecule has 8 nitrogen and oxygen atoms in total. The molecule has 1 N–H and O–H groups in total. The van der Waals surface area contributed by atoms with Gasteiger partial charge in [-0.2, -0.15) is 0 Å². The molecular weight excluding hydrogens is 741 g/mol. The number of unbranched alkanes of at least 4 members (excludes halogenated alkanes) is 3. The SMILES string of the molecule is CC(C)(C)OC(=O)N1[C@@H](CCCCCC[C@@H](CO[Si](c2ccccc2)(c2ccccc2)C(C)(C)C)NC(=O)OCC2c3ccccc3-c3ccccc32)COC1(C)C. The van der Waals surface area contributed by atoms with Gasteiger partial charge in [-0.25, -0.2) is 9.59 Å². The zero-order valence-corrected chi connectivity index (χ0v) is 36.9. The molecule has 310 valence electrons. The number of benzene rings is 4. The molecular formula is C49H64N2O6Si. The quantitative estimate of drug-likeness (QED) is 0.0952. The van der Waals surface area contributed by atoms with Crippen molar-refractivity contribution in [1.82, 2.24) is 10.2 Å². The molecule has 1 saturated heterocycles. The molecule has 0 spiro atoms. The normalized spacial score (nSPS) is 17.0. The van der Waals surface area contributed by atoms with Crippen LogP contribution in [0.15, 0.2) is 109 Å². The third kappa shape index (κ3) is 9.87. The standard InChI is InChI=1S/C49H64N2O6Si/c1-47(2,3)57-46(53)51-37(34-55-49(51,7)8)24-14-10-9-13-23-36(33-56-58(48(4,5)6,38-25-15-11-16-26-38)39-27-17-12-18-28-39)50-45(52)54-35-44-42-31-21-19-29-40(42)41-30-20-22-32-43(41)44/h11-12,15-22,25-32,36-37,44H,9-10,13-14,23-24,33-35H2,1-8H3,(H,50,52)/t36-,37-/m0/s1. The van der Waals surface area contributed by atoms with E-state index in [0.29, 0.717) is 13.2 Å². The Balaban J connectivity index is 1.14. The molecule has 1 aliphatic carbocycles. The van der Waals surface area contributed by atoms with Crippen molar-refractivity contribution in [1.29, 1.82) is 0 Å². The van der Waals surface area contributed by atoms with Gasteiger partial charge in [0, 0.05) is 5.92 Å². The van der Waals surface area contributed by atoms with Gasteiger partial charge in [-0.05, 0) is 85.1 Å². The first-order valence-electron chi connectivity index (χ1n) is 21.1. The molecule has 4 aromatic rings. The predicted octanol–water partition coefficient (Wildman–Crippen LogP) is 10.2. The molecule has 0 bridgehead atoms. The van der Waals surface area contributed by atoms with Gasteiger partial charge in [-0.3, -0.25) is 4.90 Å². The highest BCUT2D eigenvalue weighted by Crippen LogP contribution is 2.44. The van der Waals surface area contributed by atoms with Crippen LogP contribution in [0, 0.1) is 0 Å². The lowest BCUT2D eigenvalue weighted by Crippen LogP contribution is -2.67. The van der Waals surface area contributed by atoms with E-state index in [1.807, 2.05) is 46.8 Å². The number of fused-ring (bicyclic) bond motifs is 3. The van der Waals surface area contributed by atoms with E-state index >= 15 is 0 Å². The number of rotatable bonds is 15. The van der Waals surface area contributed by atoms with Gasteiger partial charge in [-0.15, -0.1) is 0 Å². The van der Waals surface area contributed by atoms with Gasteiger partial charge < -0.3 is 24.0 Å². The topological polar surface area (TPSA) is 86.3 Å². The number of amides is 2. The van der Waals surface area contributed by atoms with E-state index in [2.05, 4.69) is 123 Å². The Labute approximate surface area is 347 Å². The average Bonchev–Trinajstić information content (AvgIpc) is 3.67. The minimum absolute atomic E-state index is 0.0213. The van der Waals surface area contributed by atoms with E-state index < -0.39 is 25.7 Å². The maximum Gasteiger partial charge on any atom is 0.412 e. The van der Waals surface area contributed by atoms with Crippen molar-refractivity contribution in [3.05, 3.63) is 120 Å². The van der Waals surface area contributed by atoms with E-state index in [1.165, 1.54) is 32.6 Å². The largest absolute Gasteiger partial charge is 0.449 e. The molecule has 0 aromatic heterocycles. The Hall–Kier alpha value is -4.44. The summed E-state index contributed by atoms with van der Waals surface area (Å²) in [7, 11) is -2.85. The smallest absolute Gasteiger partial charge is 0.412 e. The summed E-state index contributed by atoms with van der Waals surface area (Å²) in [6.45, 7) is 17.4. The second-order valence-electron chi connectivity index (χ2n) is 18.4. The second-order valence-corrected chi connectivity index (χ2v) is 22.7. The van der Waals surface area contributed by atoms with Gasteiger partial charge in [0.25, 0.3) is 8.32 Å². The average molecular weight is 805 g/mol. The molecule has 0 saturated carbocycles. The molecule has 1 heterocycles. The fourth-order valence-corrected chi connectivity index (χ4v) is 13.5. The van der Waals surface area contributed by atoms with E-state index in [-0.39, 0.29) is 35.7 Å². The van der Waals surface area contributed by atoms with Crippen molar-refractivity contribution in [2.24, 2.45) is 0 Å². The van der Waals surface area contributed by atoms with Crippen LogP contribution in [0.5, 0.6) is 0 Å². The van der Waals surface area contributed by atoms with Crippen LogP contribution in [0.1, 0.15) is 111 Å². The van der Waals surface area contributed by atoms with Crippen molar-refractivity contribution in [3.63, 3.8) is 0 Å². The van der Waals surface area contributed by atoms with Crippen molar-refractivity contribution in [3.8, 4) is 11.1 Å². The number of ether oxygens (including phenoxy) is 3. The fraction of sp³-hybridized carbons (Fsp3) is 0.469. The Kier molecular flexibility index (Phi) is 13.6. The molecule has 58 heavy (non-hydrogen) atoms. The van der Waals surface area contributed by atoms with Gasteiger partial charge in [-0.1, -0.05) is 156 Å². The van der Waals surface area contributed by atoms with E-state index in [0.717, 1.165) is 38.5 Å². The molecule has 2 amide bonds. The first-order valence-corrected chi connectivity index (χ1v) is 23.0. The van der Waals surface area contributed by atoms with Gasteiger partial charge in [0.15, 0.2) is 0 Å². The summed E-state index contributed by atoms with van der Waals surface area (Å²) >= 11 is 0. The number of carbonyl (C=O) groups is 2. The maximum absolute atomic E-state index is 13.8. The van der Waals surface area contributed by atoms with Crippen LogP contribution in [0.3, 0.4) is 0 Å². The Morgan fingerprint density at radius 3 is 1.86 bits per heavy atom. The summed E-state index contributed by atoms with van der Waals surface area (Å²) in [4.78, 5) is 28.7. The number of hydrogen-bond donors (Lipinski definition) is 1. The number of alkyl carbamates (subject to hydrolysis) is 1. The van der Waals surface area contributed by atoms with Crippen molar-refractivity contribution in [2.75, 3.05) is 19.8 Å². The van der Waals surface area contributed by atoms with Crippen molar-refractivity contribution >= 4 is 30.9 Å². The van der Waals surface area contributed by atoms with Gasteiger partial charge in [0.2, 0.25) is 0 Å². The summed E-state index contributed by atoms with van der Waals surface area (Å²) in [5.41, 5.74) is 3.48. The second kappa shape index (κ2) is 18.2. The molecule has 6 rings (SSSR count). The van der Waals surface area contributed by atoms with Crippen LogP contribution < -0.4 is 15.7 Å². The summed E-state index contributed by atoms with van der Waals surface area (Å²) < 4.78 is 25.2. The summed E-state index contributed by atoms with van der Waals surface area (Å²) in [6.07, 6.45) is 4.64. The third-order valence-corrected chi connectivity index (χ3v) is 16.6. The number of hydrogen-bond acceptors (Lipinski definition) is 6. The maximum atomic E-state index is 13.8. The Morgan fingerprint density at radius 1 is 0.776 bits per heavy atom. The van der Waals surface area contributed by atoms with Crippen LogP contribution in [-0.4, -0.2) is 68.6 Å². The first kappa shape index (κ1) is 43.1. The van der Waals surface area contributed by atoms with Crippen molar-refractivity contribution < 1.29 is 28.2 Å². The van der Waals surface area contributed by atoms with Crippen molar-refractivity contribution in [2.45, 2.75) is 128 Å². The Bertz CT molecular complexity index is 1890. The summed E-state index contributed by atoms with van der Waals surface area (Å²) in [5, 5.41) is 5.46. The molecule has 1 aliphatic heterocycles. The first-order chi connectivity index (χ1) is 27.6. The zero-order chi connectivity index (χ0) is 41.6. The number of carbonyl (C=O) groups excluding carboxylic acids is 2. The van der Waals surface area contributed by atoms with Crippen LogP contribution in [0.25, 0.3) is 11.1 Å². The highest BCUT2D eigenvalue weighted by molar-refractivity contribution is 6.99. The number of nitrogens with one attached hydrogen (secondary N) is 1. The van der Waals surface area contributed by atoms with E-state index in [1.54, 1.807) is 4.90 Å². The molecule has 0 unspecified atom stereocenters. The zero-order valence-electron chi connectivity index (χ0n) is 35.9. The molecule has 0 radical (unpaired) electrons. The van der Waals surface area contributed by atoms with Gasteiger partial charge >= 0.3 is 12.2 Å². The predicted molar refractivity (Wildman–Crippen MR) is 235 cm³/mol. The van der Waals surface area contributed by atoms with Crippen LogP contribution >= 0.6 is 0 Å². The van der Waals surface area contributed by atoms with Gasteiger partial charge in [0.05, 0.1) is 25.3 Å². The number of nitrogens with zero attached hydrogens (tertiary/aromatic N) is 1. The Morgan fingerprint density at radius 2 is 1.31 bits per heavy atom. The van der Waals surface area contributed by atoms with E-state index in [4.69, 9.17) is 18.6 Å². The lowest BCUT2D eigenvalue weighted by Gasteiger charge is -2.43. The van der Waals surface area contributed by atoms with Gasteiger partial charge in [0.1, 0.15) is 17.9 Å². The third-order valence-electron chi connectivity index (χ3n) is 11.6. The fourth-order valence-electron chi connectivity index (χ4n) is 8.89. The van der Waals surface area contributed by atoms with Crippen LogP contribution in [0.2, 0.25) is 5.04 Å². The molecule has 4 aromatic carbocycles. The molecule has 2 atom stereocenters. The minimum Gasteiger partial charge on any atom is -0.449 e. The molecule has 9 heteroatoms. The highest BCUT2D eigenvalue weighted by atomic mass is 28.4. The van der Waals surface area contributed by atoms with Crippen LogP contribution in [-0.2, 0) is 18.6 Å². The minimum atomic E-state index is -2.85. The monoisotopic (exact) mass is 804 g/mol. The molecule has 2 aliphatic rings. The summed E-state index contributed by atoms with van der Waals surface area (Å²) in [6, 6.07) is 37.7. The van der Waals surface area contributed by atoms with Crippen LogP contribution in [0.4, 0.5) is 9.59 Å². The highest BCUT2D eigenvalue weighted by Gasteiger charge is 2.50. The summed E-state index contributed by atoms with van der Waals surface area (Å²) in [5.74, 6) is -0.0213. The lowest BCUT2D eigenvalue weighted by atomic mass is 9.98. The van der Waals surface area contributed by atoms with E-state index in [9.17, 15) is 9.59 Å². The lowest BCUT2D eigenvalue weighted by molar-refractivity contribution is -0.0627.